The number of phosphoric ester groups is 1. The van der Waals surface area contributed by atoms with E-state index in [9.17, 15) is 9.36 Å². The molecule has 1 atom stereocenters. The quantitative estimate of drug-likeness (QED) is 0.120. The Morgan fingerprint density at radius 2 is 1.46 bits per heavy atom. The van der Waals surface area contributed by atoms with Gasteiger partial charge in [-0.25, -0.2) is 4.57 Å². The number of para-hydroxylation sites is 1. The second-order valence-electron chi connectivity index (χ2n) is 8.67. The molecule has 0 saturated carbocycles. The highest BCUT2D eigenvalue weighted by Gasteiger charge is 2.26. The van der Waals surface area contributed by atoms with Crippen LogP contribution in [-0.2, 0) is 34.3 Å². The van der Waals surface area contributed by atoms with E-state index in [0.717, 1.165) is 36.3 Å². The van der Waals surface area contributed by atoms with E-state index in [1.54, 1.807) is 0 Å². The van der Waals surface area contributed by atoms with Crippen LogP contribution in [0.1, 0.15) is 63.9 Å². The van der Waals surface area contributed by atoms with Gasteiger partial charge in [0.1, 0.15) is 11.5 Å². The minimum absolute atomic E-state index is 0.0102. The zero-order valence-electron chi connectivity index (χ0n) is 22.3. The number of ether oxygens (including phenoxy) is 2. The minimum atomic E-state index is -3.64. The minimum Gasteiger partial charge on any atom is -0.457 e. The van der Waals surface area contributed by atoms with Crippen LogP contribution in [0, 0.1) is 0 Å². The molecular formula is C28H41O7PS. The largest absolute Gasteiger partial charge is 0.474 e. The maximum absolute atomic E-state index is 12.6. The number of phosphoric acid groups is 1. The highest BCUT2D eigenvalue weighted by molar-refractivity contribution is 8.14. The summed E-state index contributed by atoms with van der Waals surface area (Å²) in [5.74, 6) is 1.51. The Bertz CT molecular complexity index is 916. The third-order valence-electron chi connectivity index (χ3n) is 5.62. The van der Waals surface area contributed by atoms with Gasteiger partial charge < -0.3 is 9.47 Å². The number of benzene rings is 2. The molecule has 2 aromatic rings. The van der Waals surface area contributed by atoms with Crippen molar-refractivity contribution in [3.8, 4) is 11.5 Å². The van der Waals surface area contributed by atoms with Gasteiger partial charge in [-0.2, -0.15) is 0 Å². The van der Waals surface area contributed by atoms with Crippen LogP contribution in [0.15, 0.2) is 54.6 Å². The van der Waals surface area contributed by atoms with Crippen molar-refractivity contribution in [1.29, 1.82) is 0 Å². The van der Waals surface area contributed by atoms with Crippen LogP contribution in [0.3, 0.4) is 0 Å². The molecule has 0 bridgehead atoms. The fraction of sp³-hybridized carbons (Fsp3) is 0.536. The number of hydrogen-bond donors (Lipinski definition) is 0. The van der Waals surface area contributed by atoms with Crippen molar-refractivity contribution in [2.24, 2.45) is 0 Å². The molecular weight excluding hydrogens is 511 g/mol. The van der Waals surface area contributed by atoms with E-state index in [1.165, 1.54) is 51.7 Å². The lowest BCUT2D eigenvalue weighted by Crippen LogP contribution is -2.21. The van der Waals surface area contributed by atoms with Crippen molar-refractivity contribution < 1.29 is 32.4 Å². The van der Waals surface area contributed by atoms with Crippen LogP contribution in [0.2, 0.25) is 0 Å². The third kappa shape index (κ3) is 13.6. The summed E-state index contributed by atoms with van der Waals surface area (Å²) in [7, 11) is -1.11. The summed E-state index contributed by atoms with van der Waals surface area (Å²) in [5.41, 5.74) is 0.971. The van der Waals surface area contributed by atoms with E-state index in [1.807, 2.05) is 54.6 Å². The Kier molecular flexibility index (Phi) is 15.8. The van der Waals surface area contributed by atoms with Gasteiger partial charge in [0.25, 0.3) is 0 Å². The van der Waals surface area contributed by atoms with Gasteiger partial charge in [0, 0.05) is 20.6 Å². The summed E-state index contributed by atoms with van der Waals surface area (Å²) in [5, 5.41) is -0.255. The lowest BCUT2D eigenvalue weighted by Gasteiger charge is -2.19. The van der Waals surface area contributed by atoms with Crippen LogP contribution < -0.4 is 4.74 Å². The van der Waals surface area contributed by atoms with Crippen LogP contribution in [0.5, 0.6) is 11.5 Å². The number of thioether (sulfide) groups is 1. The molecule has 206 valence electrons. The summed E-state index contributed by atoms with van der Waals surface area (Å²) in [6.07, 6.45) is 8.58. The van der Waals surface area contributed by atoms with Gasteiger partial charge in [-0.15, -0.1) is 0 Å². The third-order valence-corrected chi connectivity index (χ3v) is 8.06. The first kappa shape index (κ1) is 31.5. The molecule has 2 rings (SSSR count). The molecule has 0 aromatic heterocycles. The Hall–Kier alpha value is -1.67. The molecule has 0 heterocycles. The van der Waals surface area contributed by atoms with Gasteiger partial charge in [-0.3, -0.25) is 18.4 Å². The van der Waals surface area contributed by atoms with Gasteiger partial charge in [0.2, 0.25) is 0 Å². The molecule has 0 saturated heterocycles. The van der Waals surface area contributed by atoms with Crippen molar-refractivity contribution in [3.05, 3.63) is 60.2 Å². The van der Waals surface area contributed by atoms with Crippen molar-refractivity contribution >= 4 is 24.7 Å². The van der Waals surface area contributed by atoms with Crippen LogP contribution in [0.4, 0.5) is 0 Å². The molecule has 0 amide bonds. The topological polar surface area (TPSA) is 80.3 Å². The Morgan fingerprint density at radius 1 is 0.838 bits per heavy atom. The van der Waals surface area contributed by atoms with Crippen LogP contribution >= 0.6 is 19.6 Å². The molecule has 0 N–H and O–H groups in total. The molecule has 2 aromatic carbocycles. The maximum atomic E-state index is 12.6. The van der Waals surface area contributed by atoms with Crippen molar-refractivity contribution in [3.63, 3.8) is 0 Å². The standard InChI is InChI=1S/C28H41O7PS/c1-4-5-6-7-8-9-13-16-28(29)37-27(23-34-36(30,31-2)32-3)22-33-21-24-17-19-26(20-18-24)35-25-14-11-10-12-15-25/h10-12,14-15,17-20,27H,4-9,13,16,21-23H2,1-3H3/t27-/m0/s1. The zero-order valence-corrected chi connectivity index (χ0v) is 24.0. The summed E-state index contributed by atoms with van der Waals surface area (Å²) in [4.78, 5) is 12.6. The smallest absolute Gasteiger partial charge is 0.457 e. The van der Waals surface area contributed by atoms with Crippen LogP contribution in [0.25, 0.3) is 0 Å². The first-order valence-corrected chi connectivity index (χ1v) is 15.3. The normalized spacial score (nSPS) is 12.4. The van der Waals surface area contributed by atoms with Gasteiger partial charge in [-0.1, -0.05) is 87.5 Å². The lowest BCUT2D eigenvalue weighted by atomic mass is 10.1. The molecule has 0 aliphatic heterocycles. The molecule has 0 spiro atoms. The number of carbonyl (C=O) groups excluding carboxylic acids is 1. The average Bonchev–Trinajstić information content (AvgIpc) is 2.92. The van der Waals surface area contributed by atoms with Gasteiger partial charge >= 0.3 is 7.82 Å². The first-order chi connectivity index (χ1) is 18.0. The summed E-state index contributed by atoms with van der Waals surface area (Å²) in [6, 6.07) is 17.2. The zero-order chi connectivity index (χ0) is 26.8. The molecule has 9 heteroatoms. The number of hydrogen-bond acceptors (Lipinski definition) is 8. The second kappa shape index (κ2) is 18.6. The lowest BCUT2D eigenvalue weighted by molar-refractivity contribution is -0.111. The SMILES string of the molecule is CCCCCCCCCC(=O)S[C@@H](COCc1ccc(Oc2ccccc2)cc1)COP(=O)(OC)OC. The van der Waals surface area contributed by atoms with E-state index in [-0.39, 0.29) is 23.6 Å². The summed E-state index contributed by atoms with van der Waals surface area (Å²) in [6.45, 7) is 2.83. The van der Waals surface area contributed by atoms with E-state index < -0.39 is 7.82 Å². The summed E-state index contributed by atoms with van der Waals surface area (Å²) >= 11 is 1.18. The molecule has 37 heavy (non-hydrogen) atoms. The fourth-order valence-electron chi connectivity index (χ4n) is 3.53. The van der Waals surface area contributed by atoms with E-state index >= 15 is 0 Å². The first-order valence-electron chi connectivity index (χ1n) is 12.9. The number of rotatable bonds is 20. The van der Waals surface area contributed by atoms with Crippen LogP contribution in [-0.4, -0.2) is 37.8 Å². The molecule has 0 aliphatic carbocycles. The number of carbonyl (C=O) groups is 1. The van der Waals surface area contributed by atoms with Crippen molar-refractivity contribution in [1.82, 2.24) is 0 Å². The Labute approximate surface area is 226 Å². The monoisotopic (exact) mass is 552 g/mol. The fourth-order valence-corrected chi connectivity index (χ4v) is 5.29. The molecule has 7 nitrogen and oxygen atoms in total. The average molecular weight is 553 g/mol. The van der Waals surface area contributed by atoms with Gasteiger partial charge in [-0.05, 0) is 36.2 Å². The van der Waals surface area contributed by atoms with Gasteiger partial charge in [0.15, 0.2) is 5.12 Å². The van der Waals surface area contributed by atoms with Crippen molar-refractivity contribution in [2.75, 3.05) is 27.4 Å². The predicted octanol–water partition coefficient (Wildman–Crippen LogP) is 8.18. The van der Waals surface area contributed by atoms with Gasteiger partial charge in [0.05, 0.1) is 25.1 Å². The molecule has 0 fully saturated rings. The molecule has 0 aliphatic rings. The van der Waals surface area contributed by atoms with E-state index in [4.69, 9.17) is 23.0 Å². The Morgan fingerprint density at radius 3 is 2.11 bits per heavy atom. The van der Waals surface area contributed by atoms with E-state index in [2.05, 4.69) is 6.92 Å². The van der Waals surface area contributed by atoms with Crippen molar-refractivity contribution in [2.45, 2.75) is 70.1 Å². The second-order valence-corrected chi connectivity index (χ2v) is 11.9. The summed E-state index contributed by atoms with van der Waals surface area (Å²) < 4.78 is 39.1. The maximum Gasteiger partial charge on any atom is 0.474 e. The highest BCUT2D eigenvalue weighted by Crippen LogP contribution is 2.48. The number of unbranched alkanes of at least 4 members (excludes halogenated alkanes) is 6. The highest BCUT2D eigenvalue weighted by atomic mass is 32.2. The Balaban J connectivity index is 1.81. The molecule has 0 unspecified atom stereocenters. The predicted molar refractivity (Wildman–Crippen MR) is 149 cm³/mol. The van der Waals surface area contributed by atoms with E-state index in [0.29, 0.717) is 13.0 Å². The molecule has 0 radical (unpaired) electrons.